The van der Waals surface area contributed by atoms with Crippen molar-refractivity contribution in [3.8, 4) is 17.1 Å². The molecule has 1 aromatic carbocycles. The second-order valence-corrected chi connectivity index (χ2v) is 8.80. The molecule has 0 radical (unpaired) electrons. The molecule has 8 heteroatoms. The van der Waals surface area contributed by atoms with Gasteiger partial charge in [0.05, 0.1) is 17.4 Å². The van der Waals surface area contributed by atoms with Crippen LogP contribution in [0.25, 0.3) is 22.7 Å². The molecule has 0 saturated carbocycles. The Labute approximate surface area is 193 Å². The third kappa shape index (κ3) is 3.56. The number of hydrogen-bond acceptors (Lipinski definition) is 6. The maximum Gasteiger partial charge on any atom is 0.160 e. The number of piperidine rings is 1. The molecule has 5 heterocycles. The van der Waals surface area contributed by atoms with E-state index in [1.54, 1.807) is 0 Å². The molecule has 1 unspecified atom stereocenters. The first-order valence-corrected chi connectivity index (χ1v) is 11.6. The van der Waals surface area contributed by atoms with Gasteiger partial charge in [-0.3, -0.25) is 0 Å². The molecule has 0 bridgehead atoms. The number of likely N-dealkylation sites (N-methyl/N-ethyl adjacent to an activating group) is 1. The lowest BCUT2D eigenvalue weighted by molar-refractivity contribution is 0.0719. The van der Waals surface area contributed by atoms with Crippen molar-refractivity contribution in [3.63, 3.8) is 0 Å². The molecular weight excluding hydrogens is 412 g/mol. The van der Waals surface area contributed by atoms with E-state index in [4.69, 9.17) is 15.2 Å². The van der Waals surface area contributed by atoms with Crippen LogP contribution in [-0.2, 0) is 0 Å². The van der Waals surface area contributed by atoms with Crippen LogP contribution in [0.4, 0.5) is 5.82 Å². The van der Waals surface area contributed by atoms with Gasteiger partial charge in [0.1, 0.15) is 5.82 Å². The van der Waals surface area contributed by atoms with E-state index in [-0.39, 0.29) is 6.04 Å². The van der Waals surface area contributed by atoms with Crippen molar-refractivity contribution in [2.24, 2.45) is 0 Å². The van der Waals surface area contributed by atoms with E-state index < -0.39 is 0 Å². The molecule has 2 aliphatic rings. The van der Waals surface area contributed by atoms with Gasteiger partial charge in [0.25, 0.3) is 0 Å². The standard InChI is InChI=1S/C25H28N8/c1-29-15-12-22(30(29)2)21-17-24-26-23(18-25(33(24)28-21)31-13-7-4-8-14-31)32-16-11-20(27-32)19-9-5-3-6-10-19/h3,5-6,9-12,15-18,22H,4,7-8,13-14H2,1-2H3. The average Bonchev–Trinajstić information content (AvgIpc) is 3.59. The van der Waals surface area contributed by atoms with Gasteiger partial charge in [-0.2, -0.15) is 14.7 Å². The Bertz CT molecular complexity index is 1300. The maximum absolute atomic E-state index is 5.01. The minimum Gasteiger partial charge on any atom is -0.356 e. The fraction of sp³-hybridized carbons (Fsp3) is 0.320. The van der Waals surface area contributed by atoms with Crippen LogP contribution in [-0.4, -0.2) is 61.6 Å². The zero-order valence-electron chi connectivity index (χ0n) is 19.0. The Kier molecular flexibility index (Phi) is 4.87. The molecule has 4 aromatic rings. The normalized spacial score (nSPS) is 19.2. The van der Waals surface area contributed by atoms with E-state index >= 15 is 0 Å². The summed E-state index contributed by atoms with van der Waals surface area (Å²) in [6.45, 7) is 2.07. The number of hydrogen-bond donors (Lipinski definition) is 0. The monoisotopic (exact) mass is 440 g/mol. The van der Waals surface area contributed by atoms with Crippen LogP contribution >= 0.6 is 0 Å². The zero-order valence-corrected chi connectivity index (χ0v) is 19.0. The second kappa shape index (κ2) is 8.04. The summed E-state index contributed by atoms with van der Waals surface area (Å²) in [5.74, 6) is 1.89. The Morgan fingerprint density at radius 1 is 0.909 bits per heavy atom. The van der Waals surface area contributed by atoms with Gasteiger partial charge in [0.2, 0.25) is 0 Å². The Morgan fingerprint density at radius 3 is 2.48 bits per heavy atom. The smallest absolute Gasteiger partial charge is 0.160 e. The fourth-order valence-electron chi connectivity index (χ4n) is 4.71. The molecule has 2 aliphatic heterocycles. The maximum atomic E-state index is 5.01. The first kappa shape index (κ1) is 20.0. The van der Waals surface area contributed by atoms with E-state index in [0.29, 0.717) is 0 Å². The van der Waals surface area contributed by atoms with Crippen LogP contribution in [0.3, 0.4) is 0 Å². The summed E-state index contributed by atoms with van der Waals surface area (Å²) in [4.78, 5) is 7.39. The molecule has 6 rings (SSSR count). The van der Waals surface area contributed by atoms with Gasteiger partial charge in [0.15, 0.2) is 11.5 Å². The van der Waals surface area contributed by atoms with Crippen LogP contribution in [0.2, 0.25) is 0 Å². The summed E-state index contributed by atoms with van der Waals surface area (Å²) >= 11 is 0. The minimum atomic E-state index is 0.101. The van der Waals surface area contributed by atoms with Gasteiger partial charge in [-0.05, 0) is 31.4 Å². The molecule has 0 amide bonds. The van der Waals surface area contributed by atoms with Gasteiger partial charge in [-0.15, -0.1) is 0 Å². The van der Waals surface area contributed by atoms with Crippen LogP contribution in [0.5, 0.6) is 0 Å². The number of benzene rings is 1. The summed E-state index contributed by atoms with van der Waals surface area (Å²) in [7, 11) is 4.12. The highest BCUT2D eigenvalue weighted by Gasteiger charge is 2.26. The van der Waals surface area contributed by atoms with Crippen LogP contribution in [0.1, 0.15) is 31.0 Å². The summed E-state index contributed by atoms with van der Waals surface area (Å²) in [5, 5.41) is 14.1. The Hall–Kier alpha value is -3.65. The molecule has 168 valence electrons. The predicted molar refractivity (Wildman–Crippen MR) is 129 cm³/mol. The zero-order chi connectivity index (χ0) is 22.4. The SMILES string of the molecule is CN1C=CC(c2cc3nc(-n4ccc(-c5ccccc5)n4)cc(N4CCCCC4)n3n2)N1C. The largest absolute Gasteiger partial charge is 0.356 e. The summed E-state index contributed by atoms with van der Waals surface area (Å²) in [6, 6.07) is 16.6. The second-order valence-electron chi connectivity index (χ2n) is 8.80. The lowest BCUT2D eigenvalue weighted by Gasteiger charge is -2.29. The van der Waals surface area contributed by atoms with Gasteiger partial charge in [-0.1, -0.05) is 30.3 Å². The first-order valence-electron chi connectivity index (χ1n) is 11.6. The quantitative estimate of drug-likeness (QED) is 0.479. The molecule has 3 aromatic heterocycles. The fourth-order valence-corrected chi connectivity index (χ4v) is 4.71. The summed E-state index contributed by atoms with van der Waals surface area (Å²) in [6.07, 6.45) is 9.92. The third-order valence-corrected chi connectivity index (χ3v) is 6.67. The number of rotatable bonds is 4. The molecule has 1 saturated heterocycles. The summed E-state index contributed by atoms with van der Waals surface area (Å²) in [5.41, 5.74) is 3.87. The highest BCUT2D eigenvalue weighted by molar-refractivity contribution is 5.60. The van der Waals surface area contributed by atoms with Crippen LogP contribution in [0.15, 0.2) is 67.0 Å². The number of hydrazine groups is 1. The van der Waals surface area contributed by atoms with Crippen LogP contribution < -0.4 is 4.90 Å². The van der Waals surface area contributed by atoms with Gasteiger partial charge in [-0.25, -0.2) is 14.7 Å². The van der Waals surface area contributed by atoms with E-state index in [9.17, 15) is 0 Å². The molecule has 1 fully saturated rings. The average molecular weight is 441 g/mol. The van der Waals surface area contributed by atoms with Crippen molar-refractivity contribution >= 4 is 11.5 Å². The van der Waals surface area contributed by atoms with Crippen molar-refractivity contribution < 1.29 is 0 Å². The molecule has 8 nitrogen and oxygen atoms in total. The minimum absolute atomic E-state index is 0.101. The molecule has 33 heavy (non-hydrogen) atoms. The number of anilines is 1. The Morgan fingerprint density at radius 2 is 1.73 bits per heavy atom. The molecular formula is C25H28N8. The van der Waals surface area contributed by atoms with E-state index in [1.165, 1.54) is 19.3 Å². The number of aromatic nitrogens is 5. The van der Waals surface area contributed by atoms with Gasteiger partial charge >= 0.3 is 0 Å². The predicted octanol–water partition coefficient (Wildman–Crippen LogP) is 3.92. The number of fused-ring (bicyclic) bond motifs is 1. The lowest BCUT2D eigenvalue weighted by atomic mass is 10.1. The molecule has 0 aliphatic carbocycles. The number of nitrogens with zero attached hydrogens (tertiary/aromatic N) is 8. The van der Waals surface area contributed by atoms with Crippen LogP contribution in [0, 0.1) is 0 Å². The van der Waals surface area contributed by atoms with Crippen molar-refractivity contribution in [2.45, 2.75) is 25.3 Å². The van der Waals surface area contributed by atoms with Gasteiger partial charge < -0.3 is 9.91 Å². The van der Waals surface area contributed by atoms with Crippen molar-refractivity contribution in [2.75, 3.05) is 32.1 Å². The summed E-state index contributed by atoms with van der Waals surface area (Å²) < 4.78 is 3.88. The van der Waals surface area contributed by atoms with Crippen molar-refractivity contribution in [3.05, 3.63) is 72.7 Å². The third-order valence-electron chi connectivity index (χ3n) is 6.67. The van der Waals surface area contributed by atoms with Crippen molar-refractivity contribution in [1.29, 1.82) is 0 Å². The van der Waals surface area contributed by atoms with E-state index in [2.05, 4.69) is 58.5 Å². The van der Waals surface area contributed by atoms with Crippen molar-refractivity contribution in [1.82, 2.24) is 34.4 Å². The van der Waals surface area contributed by atoms with E-state index in [0.717, 1.165) is 47.3 Å². The highest BCUT2D eigenvalue weighted by atomic mass is 15.6. The molecule has 0 N–H and O–H groups in total. The van der Waals surface area contributed by atoms with Gasteiger partial charge in [0, 0.05) is 57.3 Å². The highest BCUT2D eigenvalue weighted by Crippen LogP contribution is 2.30. The topological polar surface area (TPSA) is 57.7 Å². The van der Waals surface area contributed by atoms with E-state index in [1.807, 2.05) is 46.7 Å². The molecule has 1 atom stereocenters. The molecule has 0 spiro atoms. The lowest BCUT2D eigenvalue weighted by Crippen LogP contribution is -2.32. The Balaban J connectivity index is 1.45. The first-order chi connectivity index (χ1) is 16.2.